The average Bonchev–Trinajstić information content (AvgIpc) is 3.02. The fourth-order valence-corrected chi connectivity index (χ4v) is 8.70. The number of rotatable bonds is 9. The second-order valence-corrected chi connectivity index (χ2v) is 15.1. The van der Waals surface area contributed by atoms with E-state index >= 15 is 0 Å². The van der Waals surface area contributed by atoms with Crippen LogP contribution in [0.2, 0.25) is 0 Å². The van der Waals surface area contributed by atoms with Gasteiger partial charge in [-0.25, -0.2) is 25.3 Å². The molecule has 1 fully saturated rings. The molecule has 1 aliphatic rings. The molecule has 0 spiro atoms. The highest BCUT2D eigenvalue weighted by atomic mass is 32.2. The number of nitrogens with zero attached hydrogens (tertiary/aromatic N) is 2. The molecule has 5 rings (SSSR count). The van der Waals surface area contributed by atoms with Crippen LogP contribution in [0.3, 0.4) is 0 Å². The minimum absolute atomic E-state index is 0.0226. The first-order chi connectivity index (χ1) is 20.5. The van der Waals surface area contributed by atoms with Gasteiger partial charge in [0.15, 0.2) is 0 Å². The maximum atomic E-state index is 13.6. The molecule has 0 bridgehead atoms. The Balaban J connectivity index is 1.40. The first-order valence-corrected chi connectivity index (χ1v) is 17.5. The monoisotopic (exact) mass is 640 g/mol. The lowest BCUT2D eigenvalue weighted by Gasteiger charge is -2.38. The molecule has 1 saturated heterocycles. The molecule has 0 aromatic heterocycles. The molecule has 1 amide bonds. The van der Waals surface area contributed by atoms with Crippen molar-refractivity contribution in [1.29, 1.82) is 0 Å². The number of nitrogens with one attached hydrogen (secondary N) is 2. The van der Waals surface area contributed by atoms with Gasteiger partial charge in [0, 0.05) is 31.0 Å². The Morgan fingerprint density at radius 3 is 1.65 bits per heavy atom. The summed E-state index contributed by atoms with van der Waals surface area (Å²) in [6.45, 7) is -0.847. The standard InChI is InChI=1S/C29H28N4O7S3/c34-29(30-23-16-18-25(19-17-23)41(35,36)31-24-10-4-1-5-11-24)28-22-32(42(37,38)26-12-6-2-7-13-26)20-21-33(28)43(39,40)27-14-8-3-9-15-27/h1-19,28,31H,20-22H2,(H,30,34)/t28-/m1/s1. The quantitative estimate of drug-likeness (QED) is 0.285. The fourth-order valence-electron chi connectivity index (χ4n) is 4.59. The summed E-state index contributed by atoms with van der Waals surface area (Å²) >= 11 is 0. The van der Waals surface area contributed by atoms with Crippen molar-refractivity contribution in [1.82, 2.24) is 8.61 Å². The van der Waals surface area contributed by atoms with E-state index in [9.17, 15) is 30.0 Å². The highest BCUT2D eigenvalue weighted by molar-refractivity contribution is 7.92. The van der Waals surface area contributed by atoms with Gasteiger partial charge in [0.2, 0.25) is 26.0 Å². The van der Waals surface area contributed by atoms with E-state index in [1.165, 1.54) is 48.5 Å². The van der Waals surface area contributed by atoms with Crippen molar-refractivity contribution in [3.05, 3.63) is 115 Å². The molecule has 4 aromatic rings. The van der Waals surface area contributed by atoms with Gasteiger partial charge in [-0.05, 0) is 60.7 Å². The maximum Gasteiger partial charge on any atom is 0.261 e. The Labute approximate surface area is 250 Å². The van der Waals surface area contributed by atoms with Crippen molar-refractivity contribution < 1.29 is 30.0 Å². The summed E-state index contributed by atoms with van der Waals surface area (Å²) in [4.78, 5) is 13.6. The van der Waals surface area contributed by atoms with Crippen LogP contribution in [0.4, 0.5) is 11.4 Å². The Kier molecular flexibility index (Phi) is 8.66. The first-order valence-electron chi connectivity index (χ1n) is 13.1. The molecule has 0 unspecified atom stereocenters. The minimum atomic E-state index is -4.17. The minimum Gasteiger partial charge on any atom is -0.325 e. The number of sulfonamides is 3. The van der Waals surface area contributed by atoms with E-state index < -0.39 is 48.6 Å². The lowest BCUT2D eigenvalue weighted by atomic mass is 10.2. The SMILES string of the molecule is O=C(Nc1ccc(S(=O)(=O)Nc2ccccc2)cc1)[C@H]1CN(S(=O)(=O)c2ccccc2)CCN1S(=O)(=O)c1ccccc1. The molecule has 1 heterocycles. The van der Waals surface area contributed by atoms with Crippen LogP contribution < -0.4 is 10.0 Å². The normalized spacial score (nSPS) is 16.8. The molecular formula is C29H28N4O7S3. The van der Waals surface area contributed by atoms with Gasteiger partial charge < -0.3 is 5.32 Å². The van der Waals surface area contributed by atoms with Crippen molar-refractivity contribution in [2.75, 3.05) is 29.7 Å². The lowest BCUT2D eigenvalue weighted by Crippen LogP contribution is -2.60. The molecule has 0 aliphatic carbocycles. The number of carbonyl (C=O) groups is 1. The number of anilines is 2. The summed E-state index contributed by atoms with van der Waals surface area (Å²) in [7, 11) is -12.1. The molecule has 0 radical (unpaired) electrons. The number of benzene rings is 4. The smallest absolute Gasteiger partial charge is 0.261 e. The van der Waals surface area contributed by atoms with Gasteiger partial charge in [0.25, 0.3) is 10.0 Å². The summed E-state index contributed by atoms with van der Waals surface area (Å²) in [5, 5.41) is 2.62. The third-order valence-corrected chi connectivity index (χ3v) is 12.0. The van der Waals surface area contributed by atoms with Gasteiger partial charge in [0.05, 0.1) is 14.7 Å². The van der Waals surface area contributed by atoms with Crippen molar-refractivity contribution in [3.63, 3.8) is 0 Å². The van der Waals surface area contributed by atoms with E-state index in [1.807, 2.05) is 0 Å². The summed E-state index contributed by atoms with van der Waals surface area (Å²) < 4.78 is 84.0. The number of hydrogen-bond donors (Lipinski definition) is 2. The molecule has 14 heteroatoms. The molecule has 1 aliphatic heterocycles. The number of piperazine rings is 1. The Bertz CT molecular complexity index is 1910. The van der Waals surface area contributed by atoms with Crippen LogP contribution in [-0.2, 0) is 34.9 Å². The predicted octanol–water partition coefficient (Wildman–Crippen LogP) is 3.19. The molecule has 43 heavy (non-hydrogen) atoms. The van der Waals surface area contributed by atoms with Gasteiger partial charge in [0.1, 0.15) is 6.04 Å². The number of hydrogen-bond acceptors (Lipinski definition) is 7. The molecule has 1 atom stereocenters. The highest BCUT2D eigenvalue weighted by Gasteiger charge is 2.43. The molecule has 4 aromatic carbocycles. The lowest BCUT2D eigenvalue weighted by molar-refractivity contribution is -0.120. The van der Waals surface area contributed by atoms with Crippen molar-refractivity contribution in [2.45, 2.75) is 20.7 Å². The molecule has 0 saturated carbocycles. The number of carbonyl (C=O) groups excluding carboxylic acids is 1. The van der Waals surface area contributed by atoms with Crippen LogP contribution in [0.25, 0.3) is 0 Å². The third-order valence-electron chi connectivity index (χ3n) is 6.79. The van der Waals surface area contributed by atoms with E-state index in [0.717, 1.165) is 8.61 Å². The Hall–Kier alpha value is -4.08. The number of amides is 1. The predicted molar refractivity (Wildman–Crippen MR) is 162 cm³/mol. The van der Waals surface area contributed by atoms with Crippen molar-refractivity contribution >= 4 is 47.4 Å². The van der Waals surface area contributed by atoms with Crippen LogP contribution >= 0.6 is 0 Å². The number of para-hydroxylation sites is 1. The zero-order valence-electron chi connectivity index (χ0n) is 22.6. The summed E-state index contributed by atoms with van der Waals surface area (Å²) in [6.07, 6.45) is 0. The van der Waals surface area contributed by atoms with E-state index in [1.54, 1.807) is 66.7 Å². The summed E-state index contributed by atoms with van der Waals surface area (Å²) in [6, 6.07) is 27.5. The Morgan fingerprint density at radius 1 is 0.581 bits per heavy atom. The molecule has 2 N–H and O–H groups in total. The van der Waals surface area contributed by atoms with Crippen LogP contribution in [0.5, 0.6) is 0 Å². The van der Waals surface area contributed by atoms with Crippen LogP contribution in [-0.4, -0.2) is 65.4 Å². The van der Waals surface area contributed by atoms with Crippen molar-refractivity contribution in [3.8, 4) is 0 Å². The van der Waals surface area contributed by atoms with Crippen molar-refractivity contribution in [2.24, 2.45) is 0 Å². The van der Waals surface area contributed by atoms with E-state index in [2.05, 4.69) is 10.0 Å². The first kappa shape index (κ1) is 30.4. The second kappa shape index (κ2) is 12.3. The van der Waals surface area contributed by atoms with Gasteiger partial charge >= 0.3 is 0 Å². The highest BCUT2D eigenvalue weighted by Crippen LogP contribution is 2.26. The van der Waals surface area contributed by atoms with E-state index in [-0.39, 0.29) is 33.5 Å². The van der Waals surface area contributed by atoms with Crippen LogP contribution in [0, 0.1) is 0 Å². The molecular weight excluding hydrogens is 613 g/mol. The summed E-state index contributed by atoms with van der Waals surface area (Å²) in [5.74, 6) is -0.773. The fraction of sp³-hybridized carbons (Fsp3) is 0.138. The zero-order valence-corrected chi connectivity index (χ0v) is 25.1. The summed E-state index contributed by atoms with van der Waals surface area (Å²) in [5.41, 5.74) is 0.579. The Morgan fingerprint density at radius 2 is 1.09 bits per heavy atom. The molecule has 11 nitrogen and oxygen atoms in total. The van der Waals surface area contributed by atoms with Crippen LogP contribution in [0.1, 0.15) is 0 Å². The van der Waals surface area contributed by atoms with Gasteiger partial charge in [-0.3, -0.25) is 9.52 Å². The van der Waals surface area contributed by atoms with Gasteiger partial charge in [-0.1, -0.05) is 54.6 Å². The van der Waals surface area contributed by atoms with E-state index in [4.69, 9.17) is 0 Å². The van der Waals surface area contributed by atoms with Gasteiger partial charge in [-0.15, -0.1) is 0 Å². The largest absolute Gasteiger partial charge is 0.325 e. The third kappa shape index (κ3) is 6.63. The second-order valence-electron chi connectivity index (χ2n) is 9.61. The maximum absolute atomic E-state index is 13.6. The van der Waals surface area contributed by atoms with E-state index in [0.29, 0.717) is 5.69 Å². The van der Waals surface area contributed by atoms with Crippen LogP contribution in [0.15, 0.2) is 130 Å². The average molecular weight is 641 g/mol. The molecule has 224 valence electrons. The van der Waals surface area contributed by atoms with Gasteiger partial charge in [-0.2, -0.15) is 8.61 Å². The zero-order chi connectivity index (χ0) is 30.7. The topological polar surface area (TPSA) is 150 Å².